The summed E-state index contributed by atoms with van der Waals surface area (Å²) >= 11 is 0. The summed E-state index contributed by atoms with van der Waals surface area (Å²) in [5.41, 5.74) is 1.93. The van der Waals surface area contributed by atoms with Crippen molar-refractivity contribution in [1.82, 2.24) is 19.7 Å². The van der Waals surface area contributed by atoms with Crippen LogP contribution in [-0.2, 0) is 21.6 Å². The van der Waals surface area contributed by atoms with Crippen LogP contribution in [0.25, 0.3) is 0 Å². The minimum atomic E-state index is -1.23. The molecule has 0 bridgehead atoms. The lowest BCUT2D eigenvalue weighted by atomic mass is 9.94. The van der Waals surface area contributed by atoms with E-state index in [1.165, 1.54) is 29.5 Å². The van der Waals surface area contributed by atoms with E-state index in [-0.39, 0.29) is 37.4 Å². The van der Waals surface area contributed by atoms with Gasteiger partial charge in [0, 0.05) is 68.0 Å². The number of anilines is 3. The molecule has 47 heavy (non-hydrogen) atoms. The average Bonchev–Trinajstić information content (AvgIpc) is 3.74. The van der Waals surface area contributed by atoms with Crippen molar-refractivity contribution in [2.75, 3.05) is 61.6 Å². The molecule has 248 valence electrons. The Morgan fingerprint density at radius 3 is 2.28 bits per heavy atom. The minimum absolute atomic E-state index is 0.0327. The molecule has 2 aliphatic heterocycles. The molecule has 6 rings (SSSR count). The number of carbonyl (C=O) groups excluding carboxylic acids is 1. The number of urea groups is 1. The fourth-order valence-corrected chi connectivity index (χ4v) is 5.72. The fourth-order valence-electron chi connectivity index (χ4n) is 5.72. The zero-order valence-corrected chi connectivity index (χ0v) is 26.7. The van der Waals surface area contributed by atoms with Crippen LogP contribution in [-0.4, -0.2) is 84.5 Å². The number of nitrogens with one attached hydrogen (secondary N) is 1. The average molecular weight is 648 g/mol. The Bertz CT molecular complexity index is 1630. The molecule has 1 N–H and O–H groups in total. The molecule has 1 aromatic heterocycles. The number of ether oxygens (including phenoxy) is 3. The molecular formula is C34H39F2N7O4. The quantitative estimate of drug-likeness (QED) is 0.254. The molecule has 11 nitrogen and oxygen atoms in total. The summed E-state index contributed by atoms with van der Waals surface area (Å²) in [5.74, 6) is -0.747. The van der Waals surface area contributed by atoms with E-state index >= 15 is 0 Å². The Balaban J connectivity index is 1.00. The second-order valence-electron chi connectivity index (χ2n) is 12.0. The van der Waals surface area contributed by atoms with Crippen molar-refractivity contribution in [3.8, 4) is 5.75 Å². The molecule has 0 radical (unpaired) electrons. The first-order chi connectivity index (χ1) is 22.7. The van der Waals surface area contributed by atoms with Gasteiger partial charge in [0.15, 0.2) is 6.29 Å². The van der Waals surface area contributed by atoms with Crippen LogP contribution >= 0.6 is 0 Å². The Kier molecular flexibility index (Phi) is 9.55. The summed E-state index contributed by atoms with van der Waals surface area (Å²) in [6.45, 7) is 7.63. The monoisotopic (exact) mass is 647 g/mol. The van der Waals surface area contributed by atoms with Crippen molar-refractivity contribution in [1.29, 1.82) is 0 Å². The lowest BCUT2D eigenvalue weighted by Crippen LogP contribution is -2.46. The number of benzene rings is 3. The summed E-state index contributed by atoms with van der Waals surface area (Å²) in [7, 11) is 1.78. The fraction of sp³-hybridized carbons (Fsp3) is 0.382. The van der Waals surface area contributed by atoms with Crippen LogP contribution in [0, 0.1) is 11.6 Å². The van der Waals surface area contributed by atoms with Crippen LogP contribution in [0.1, 0.15) is 19.4 Å². The van der Waals surface area contributed by atoms with Gasteiger partial charge in [0.2, 0.25) is 0 Å². The van der Waals surface area contributed by atoms with E-state index in [1.807, 2.05) is 62.4 Å². The van der Waals surface area contributed by atoms with Crippen LogP contribution in [0.4, 0.5) is 30.6 Å². The molecule has 2 fully saturated rings. The van der Waals surface area contributed by atoms with Crippen molar-refractivity contribution in [2.45, 2.75) is 38.3 Å². The van der Waals surface area contributed by atoms with Crippen molar-refractivity contribution in [3.05, 3.63) is 96.6 Å². The highest BCUT2D eigenvalue weighted by Crippen LogP contribution is 2.37. The number of halogens is 2. The number of rotatable bonds is 10. The molecule has 0 spiro atoms. The first kappa shape index (κ1) is 32.2. The molecule has 13 heteroatoms. The van der Waals surface area contributed by atoms with Crippen LogP contribution in [0.15, 0.2) is 79.4 Å². The van der Waals surface area contributed by atoms with E-state index in [0.29, 0.717) is 5.75 Å². The maximum atomic E-state index is 14.9. The third kappa shape index (κ3) is 7.47. The molecule has 4 aromatic rings. The van der Waals surface area contributed by atoms with Gasteiger partial charge in [0.1, 0.15) is 42.2 Å². The van der Waals surface area contributed by atoms with Crippen molar-refractivity contribution >= 4 is 23.1 Å². The van der Waals surface area contributed by atoms with E-state index < -0.39 is 23.5 Å². The highest BCUT2D eigenvalue weighted by Gasteiger charge is 2.45. The maximum absolute atomic E-state index is 14.9. The molecule has 2 atom stereocenters. The molecular weight excluding hydrogens is 608 g/mol. The van der Waals surface area contributed by atoms with E-state index in [9.17, 15) is 13.6 Å². The zero-order chi connectivity index (χ0) is 33.0. The predicted molar refractivity (Wildman–Crippen MR) is 174 cm³/mol. The number of amides is 2. The Hall–Kier alpha value is -4.75. The molecule has 2 amide bonds. The topological polar surface area (TPSA) is 97.2 Å². The summed E-state index contributed by atoms with van der Waals surface area (Å²) < 4.78 is 48.2. The first-order valence-electron chi connectivity index (χ1n) is 15.6. The standard InChI is InChI=1S/C34H39F2N7O4/c1-24(2)40(3)33(44)39-26-5-7-27(8-6-26)41-14-16-42(17-15-41)28-9-11-29(12-10-28)45-19-32-46-21-34(47-32,20-43-23-37-22-38-43)30-13-4-25(35)18-31(30)36/h4-13,18,22-24,32H,14-17,19-21H2,1-3H3,(H,39,44). The second kappa shape index (κ2) is 13.9. The first-order valence-corrected chi connectivity index (χ1v) is 15.6. The van der Waals surface area contributed by atoms with E-state index in [0.717, 1.165) is 49.3 Å². The van der Waals surface area contributed by atoms with Crippen molar-refractivity contribution in [3.63, 3.8) is 0 Å². The van der Waals surface area contributed by atoms with Gasteiger partial charge in [-0.3, -0.25) is 0 Å². The number of carbonyl (C=O) groups is 1. The number of piperazine rings is 1. The molecule has 2 aliphatic rings. The largest absolute Gasteiger partial charge is 0.488 e. The van der Waals surface area contributed by atoms with Gasteiger partial charge in [0.05, 0.1) is 13.2 Å². The van der Waals surface area contributed by atoms with Gasteiger partial charge in [-0.25, -0.2) is 23.2 Å². The number of hydrogen-bond donors (Lipinski definition) is 1. The Morgan fingerprint density at radius 1 is 1.02 bits per heavy atom. The lowest BCUT2D eigenvalue weighted by Gasteiger charge is -2.37. The smallest absolute Gasteiger partial charge is 0.321 e. The van der Waals surface area contributed by atoms with E-state index in [2.05, 4.69) is 25.2 Å². The Labute approximate surface area is 272 Å². The zero-order valence-electron chi connectivity index (χ0n) is 26.7. The highest BCUT2D eigenvalue weighted by molar-refractivity contribution is 5.89. The lowest BCUT2D eigenvalue weighted by molar-refractivity contribution is -0.117. The number of aromatic nitrogens is 3. The summed E-state index contributed by atoms with van der Waals surface area (Å²) in [4.78, 5) is 22.6. The van der Waals surface area contributed by atoms with Gasteiger partial charge in [-0.1, -0.05) is 6.07 Å². The van der Waals surface area contributed by atoms with Gasteiger partial charge in [-0.15, -0.1) is 0 Å². The number of hydrogen-bond acceptors (Lipinski definition) is 8. The SMILES string of the molecule is CC(C)N(C)C(=O)Nc1ccc(N2CCN(c3ccc(OCC4OCC(Cn5cncn5)(c5ccc(F)cc5F)O4)cc3)CC2)cc1. The van der Waals surface area contributed by atoms with Crippen LogP contribution in [0.3, 0.4) is 0 Å². The molecule has 2 saturated heterocycles. The third-order valence-electron chi connectivity index (χ3n) is 8.61. The van der Waals surface area contributed by atoms with Crippen molar-refractivity contribution in [2.24, 2.45) is 0 Å². The third-order valence-corrected chi connectivity index (χ3v) is 8.61. The Morgan fingerprint density at radius 2 is 1.68 bits per heavy atom. The summed E-state index contributed by atoms with van der Waals surface area (Å²) in [6.07, 6.45) is 2.11. The van der Waals surface area contributed by atoms with Gasteiger partial charge >= 0.3 is 6.03 Å². The molecule has 0 aliphatic carbocycles. The molecule has 3 aromatic carbocycles. The van der Waals surface area contributed by atoms with Crippen LogP contribution < -0.4 is 19.9 Å². The molecule has 0 saturated carbocycles. The number of nitrogens with zero attached hydrogens (tertiary/aromatic N) is 6. The summed E-state index contributed by atoms with van der Waals surface area (Å²) in [6, 6.07) is 19.2. The van der Waals surface area contributed by atoms with Crippen LogP contribution in [0.5, 0.6) is 5.75 Å². The second-order valence-corrected chi connectivity index (χ2v) is 12.0. The van der Waals surface area contributed by atoms with Crippen molar-refractivity contribution < 1.29 is 27.8 Å². The maximum Gasteiger partial charge on any atom is 0.321 e. The highest BCUT2D eigenvalue weighted by atomic mass is 19.1. The van der Waals surface area contributed by atoms with Gasteiger partial charge in [-0.2, -0.15) is 5.10 Å². The van der Waals surface area contributed by atoms with Gasteiger partial charge in [-0.05, 0) is 68.4 Å². The van der Waals surface area contributed by atoms with Gasteiger partial charge in [0.25, 0.3) is 0 Å². The van der Waals surface area contributed by atoms with E-state index in [1.54, 1.807) is 11.9 Å². The normalized spacial score (nSPS) is 19.7. The van der Waals surface area contributed by atoms with E-state index in [4.69, 9.17) is 14.2 Å². The molecule has 2 unspecified atom stereocenters. The minimum Gasteiger partial charge on any atom is -0.488 e. The molecule has 3 heterocycles. The van der Waals surface area contributed by atoms with Gasteiger partial charge < -0.3 is 34.2 Å². The summed E-state index contributed by atoms with van der Waals surface area (Å²) in [5, 5.41) is 7.06. The predicted octanol–water partition coefficient (Wildman–Crippen LogP) is 5.10. The van der Waals surface area contributed by atoms with Crippen LogP contribution in [0.2, 0.25) is 0 Å².